The third-order valence-corrected chi connectivity index (χ3v) is 2.76. The molecule has 2 heteroatoms. The lowest BCUT2D eigenvalue weighted by Crippen LogP contribution is -2.02. The summed E-state index contributed by atoms with van der Waals surface area (Å²) in [6.07, 6.45) is 0. The molecule has 0 spiro atoms. The molecule has 0 amide bonds. The number of anilines is 1. The molecule has 2 aromatic rings. The zero-order chi connectivity index (χ0) is 12.1. The molecule has 0 aliphatic carbocycles. The topological polar surface area (TPSA) is 32.3 Å². The van der Waals surface area contributed by atoms with Crippen molar-refractivity contribution in [2.75, 3.05) is 5.32 Å². The van der Waals surface area contributed by atoms with Crippen molar-refractivity contribution >= 4 is 5.69 Å². The minimum absolute atomic E-state index is 0.0669. The van der Waals surface area contributed by atoms with E-state index >= 15 is 0 Å². The van der Waals surface area contributed by atoms with Crippen LogP contribution in [0.5, 0.6) is 0 Å². The van der Waals surface area contributed by atoms with E-state index in [4.69, 9.17) is 0 Å². The number of aliphatic hydroxyl groups is 1. The molecular formula is C15H17NO. The molecule has 0 unspecified atom stereocenters. The molecule has 0 aromatic heterocycles. The Bertz CT molecular complexity index is 480. The lowest BCUT2D eigenvalue weighted by molar-refractivity contribution is 0.282. The van der Waals surface area contributed by atoms with Gasteiger partial charge in [-0.25, -0.2) is 0 Å². The smallest absolute Gasteiger partial charge is 0.0701 e. The van der Waals surface area contributed by atoms with Gasteiger partial charge in [0.15, 0.2) is 0 Å². The predicted octanol–water partition coefficient (Wildman–Crippen LogP) is 3.10. The number of benzene rings is 2. The molecule has 0 bridgehead atoms. The maximum atomic E-state index is 9.27. The Morgan fingerprint density at radius 1 is 1.06 bits per heavy atom. The minimum atomic E-state index is 0.0669. The summed E-state index contributed by atoms with van der Waals surface area (Å²) in [6.45, 7) is 2.89. The number of aliphatic hydroxyl groups excluding tert-OH is 1. The fraction of sp³-hybridized carbons (Fsp3) is 0.200. The molecule has 0 saturated carbocycles. The van der Waals surface area contributed by atoms with Gasteiger partial charge in [0.1, 0.15) is 0 Å². The quantitative estimate of drug-likeness (QED) is 0.841. The van der Waals surface area contributed by atoms with Crippen LogP contribution in [0.25, 0.3) is 0 Å². The molecule has 0 radical (unpaired) electrons. The van der Waals surface area contributed by atoms with Gasteiger partial charge in [0, 0.05) is 17.8 Å². The first-order valence-corrected chi connectivity index (χ1v) is 5.78. The largest absolute Gasteiger partial charge is 0.392 e. The normalized spacial score (nSPS) is 10.2. The zero-order valence-corrected chi connectivity index (χ0v) is 9.98. The number of rotatable bonds is 4. The summed E-state index contributed by atoms with van der Waals surface area (Å²) < 4.78 is 0. The van der Waals surface area contributed by atoms with E-state index in [2.05, 4.69) is 30.4 Å². The van der Waals surface area contributed by atoms with Crippen molar-refractivity contribution in [1.82, 2.24) is 0 Å². The van der Waals surface area contributed by atoms with Crippen molar-refractivity contribution in [3.8, 4) is 0 Å². The van der Waals surface area contributed by atoms with Crippen LogP contribution in [0.15, 0.2) is 48.5 Å². The Labute approximate surface area is 102 Å². The van der Waals surface area contributed by atoms with Gasteiger partial charge in [-0.05, 0) is 24.1 Å². The molecule has 2 aromatic carbocycles. The first kappa shape index (κ1) is 11.7. The first-order chi connectivity index (χ1) is 8.29. The Hall–Kier alpha value is -1.80. The van der Waals surface area contributed by atoms with E-state index in [9.17, 15) is 5.11 Å². The second kappa shape index (κ2) is 5.51. The number of hydrogen-bond acceptors (Lipinski definition) is 2. The maximum absolute atomic E-state index is 9.27. The summed E-state index contributed by atoms with van der Waals surface area (Å²) in [5, 5.41) is 12.6. The summed E-state index contributed by atoms with van der Waals surface area (Å²) in [5.41, 5.74) is 4.37. The van der Waals surface area contributed by atoms with E-state index in [0.29, 0.717) is 0 Å². The highest BCUT2D eigenvalue weighted by Gasteiger charge is 2.01. The van der Waals surface area contributed by atoms with Crippen molar-refractivity contribution in [1.29, 1.82) is 0 Å². The van der Waals surface area contributed by atoms with Crippen LogP contribution in [0.3, 0.4) is 0 Å². The highest BCUT2D eigenvalue weighted by Crippen LogP contribution is 2.18. The summed E-state index contributed by atoms with van der Waals surface area (Å²) in [5.74, 6) is 0. The lowest BCUT2D eigenvalue weighted by atomic mass is 10.1. The summed E-state index contributed by atoms with van der Waals surface area (Å²) in [4.78, 5) is 0. The summed E-state index contributed by atoms with van der Waals surface area (Å²) in [6, 6.07) is 16.3. The van der Waals surface area contributed by atoms with Crippen LogP contribution < -0.4 is 5.32 Å². The van der Waals surface area contributed by atoms with Gasteiger partial charge in [-0.15, -0.1) is 0 Å². The second-order valence-electron chi connectivity index (χ2n) is 4.16. The van der Waals surface area contributed by atoms with Crippen LogP contribution in [-0.2, 0) is 13.2 Å². The molecule has 17 heavy (non-hydrogen) atoms. The Morgan fingerprint density at radius 2 is 1.82 bits per heavy atom. The number of aryl methyl sites for hydroxylation is 1. The van der Waals surface area contributed by atoms with Gasteiger partial charge in [-0.3, -0.25) is 0 Å². The zero-order valence-electron chi connectivity index (χ0n) is 9.98. The van der Waals surface area contributed by atoms with Gasteiger partial charge in [0.2, 0.25) is 0 Å². The van der Waals surface area contributed by atoms with E-state index in [0.717, 1.165) is 17.8 Å². The van der Waals surface area contributed by atoms with Crippen molar-refractivity contribution < 1.29 is 5.11 Å². The molecule has 0 aliphatic heterocycles. The van der Waals surface area contributed by atoms with Crippen molar-refractivity contribution in [3.63, 3.8) is 0 Å². The van der Waals surface area contributed by atoms with Crippen LogP contribution in [0.2, 0.25) is 0 Å². The molecule has 2 rings (SSSR count). The van der Waals surface area contributed by atoms with Crippen LogP contribution in [0.1, 0.15) is 16.7 Å². The third kappa shape index (κ3) is 3.08. The average molecular weight is 227 g/mol. The molecule has 2 N–H and O–H groups in total. The summed E-state index contributed by atoms with van der Waals surface area (Å²) in [7, 11) is 0. The molecule has 0 heterocycles. The molecule has 88 valence electrons. The van der Waals surface area contributed by atoms with E-state index in [1.54, 1.807) is 0 Å². The molecule has 0 aliphatic rings. The van der Waals surface area contributed by atoms with Crippen LogP contribution in [-0.4, -0.2) is 5.11 Å². The number of nitrogens with one attached hydrogen (secondary N) is 1. The summed E-state index contributed by atoms with van der Waals surface area (Å²) >= 11 is 0. The van der Waals surface area contributed by atoms with Crippen molar-refractivity contribution in [2.24, 2.45) is 0 Å². The van der Waals surface area contributed by atoms with E-state index in [1.165, 1.54) is 11.1 Å². The standard InChI is InChI=1S/C15H17NO/c1-12-7-8-14(11-17)15(9-12)16-10-13-5-3-2-4-6-13/h2-9,16-17H,10-11H2,1H3. The van der Waals surface area contributed by atoms with Gasteiger partial charge < -0.3 is 10.4 Å². The van der Waals surface area contributed by atoms with E-state index < -0.39 is 0 Å². The highest BCUT2D eigenvalue weighted by molar-refractivity contribution is 5.53. The van der Waals surface area contributed by atoms with Crippen LogP contribution in [0.4, 0.5) is 5.69 Å². The molecule has 0 saturated heterocycles. The molecule has 0 atom stereocenters. The van der Waals surface area contributed by atoms with Gasteiger partial charge in [0.25, 0.3) is 0 Å². The van der Waals surface area contributed by atoms with E-state index in [-0.39, 0.29) is 6.61 Å². The fourth-order valence-corrected chi connectivity index (χ4v) is 1.79. The Kier molecular flexibility index (Phi) is 3.78. The predicted molar refractivity (Wildman–Crippen MR) is 70.9 cm³/mol. The van der Waals surface area contributed by atoms with Crippen LogP contribution in [0, 0.1) is 6.92 Å². The maximum Gasteiger partial charge on any atom is 0.0701 e. The molecular weight excluding hydrogens is 210 g/mol. The average Bonchev–Trinajstić information content (AvgIpc) is 2.38. The van der Waals surface area contributed by atoms with Crippen molar-refractivity contribution in [2.45, 2.75) is 20.1 Å². The minimum Gasteiger partial charge on any atom is -0.392 e. The second-order valence-corrected chi connectivity index (χ2v) is 4.16. The highest BCUT2D eigenvalue weighted by atomic mass is 16.3. The van der Waals surface area contributed by atoms with E-state index in [1.807, 2.05) is 30.3 Å². The Morgan fingerprint density at radius 3 is 2.53 bits per heavy atom. The Balaban J connectivity index is 2.11. The van der Waals surface area contributed by atoms with Gasteiger partial charge in [0.05, 0.1) is 6.61 Å². The monoisotopic (exact) mass is 227 g/mol. The van der Waals surface area contributed by atoms with Crippen LogP contribution >= 0.6 is 0 Å². The van der Waals surface area contributed by atoms with Gasteiger partial charge in [-0.2, -0.15) is 0 Å². The SMILES string of the molecule is Cc1ccc(CO)c(NCc2ccccc2)c1. The van der Waals surface area contributed by atoms with Crippen molar-refractivity contribution in [3.05, 3.63) is 65.2 Å². The van der Waals surface area contributed by atoms with Gasteiger partial charge in [-0.1, -0.05) is 42.5 Å². The van der Waals surface area contributed by atoms with Gasteiger partial charge >= 0.3 is 0 Å². The fourth-order valence-electron chi connectivity index (χ4n) is 1.79. The first-order valence-electron chi connectivity index (χ1n) is 5.78. The number of hydrogen-bond donors (Lipinski definition) is 2. The lowest BCUT2D eigenvalue weighted by Gasteiger charge is -2.11. The third-order valence-electron chi connectivity index (χ3n) is 2.76. The molecule has 2 nitrogen and oxygen atoms in total. The molecule has 0 fully saturated rings.